The lowest BCUT2D eigenvalue weighted by molar-refractivity contribution is -0.132. The van der Waals surface area contributed by atoms with Crippen LogP contribution in [0.15, 0.2) is 0 Å². The Balaban J connectivity index is 1.57. The van der Waals surface area contributed by atoms with Gasteiger partial charge in [0.25, 0.3) is 0 Å². The summed E-state index contributed by atoms with van der Waals surface area (Å²) in [4.78, 5) is 23.7. The first-order valence-corrected chi connectivity index (χ1v) is 7.28. The lowest BCUT2D eigenvalue weighted by Gasteiger charge is -2.27. The maximum atomic E-state index is 12.2. The number of amides is 2. The minimum absolute atomic E-state index is 0.0400. The standard InChI is InChI=1S/C14H22N2O3/c15-13(18)14(3-4-19-8-14)16-12(17)7-11-6-9-1-2-10(11)5-9/h9-11H,1-8H2,(H2,15,18)(H,16,17). The molecule has 3 rings (SSSR count). The van der Waals surface area contributed by atoms with Gasteiger partial charge in [-0.3, -0.25) is 9.59 Å². The molecule has 5 heteroatoms. The zero-order chi connectivity index (χ0) is 13.5. The molecule has 2 aliphatic carbocycles. The highest BCUT2D eigenvalue weighted by Gasteiger charge is 2.44. The van der Waals surface area contributed by atoms with Crippen LogP contribution in [0, 0.1) is 17.8 Å². The largest absolute Gasteiger partial charge is 0.378 e. The van der Waals surface area contributed by atoms with Crippen molar-refractivity contribution in [3.05, 3.63) is 0 Å². The van der Waals surface area contributed by atoms with Crippen molar-refractivity contribution in [2.45, 2.75) is 44.1 Å². The van der Waals surface area contributed by atoms with E-state index in [-0.39, 0.29) is 12.5 Å². The van der Waals surface area contributed by atoms with E-state index in [1.807, 2.05) is 0 Å². The van der Waals surface area contributed by atoms with E-state index in [4.69, 9.17) is 10.5 Å². The first kappa shape index (κ1) is 12.9. The molecule has 1 heterocycles. The molecule has 19 heavy (non-hydrogen) atoms. The molecule has 0 spiro atoms. The van der Waals surface area contributed by atoms with Crippen molar-refractivity contribution in [3.8, 4) is 0 Å². The highest BCUT2D eigenvalue weighted by Crippen LogP contribution is 2.49. The average molecular weight is 266 g/mol. The fourth-order valence-electron chi connectivity index (χ4n) is 4.10. The van der Waals surface area contributed by atoms with Crippen LogP contribution >= 0.6 is 0 Å². The van der Waals surface area contributed by atoms with Crippen LogP contribution in [-0.4, -0.2) is 30.6 Å². The number of carbonyl (C=O) groups excluding carboxylic acids is 2. The summed E-state index contributed by atoms with van der Waals surface area (Å²) < 4.78 is 5.23. The summed E-state index contributed by atoms with van der Waals surface area (Å²) in [7, 11) is 0. The van der Waals surface area contributed by atoms with Gasteiger partial charge in [-0.15, -0.1) is 0 Å². The molecule has 3 aliphatic rings. The molecular weight excluding hydrogens is 244 g/mol. The summed E-state index contributed by atoms with van der Waals surface area (Å²) in [6, 6.07) is 0. The molecular formula is C14H22N2O3. The maximum absolute atomic E-state index is 12.2. The van der Waals surface area contributed by atoms with Gasteiger partial charge in [-0.1, -0.05) is 6.42 Å². The van der Waals surface area contributed by atoms with Crippen LogP contribution in [0.1, 0.15) is 38.5 Å². The molecule has 4 unspecified atom stereocenters. The van der Waals surface area contributed by atoms with Crippen LogP contribution in [0.3, 0.4) is 0 Å². The van der Waals surface area contributed by atoms with Crippen molar-refractivity contribution in [2.75, 3.05) is 13.2 Å². The van der Waals surface area contributed by atoms with Crippen molar-refractivity contribution in [3.63, 3.8) is 0 Å². The van der Waals surface area contributed by atoms with E-state index >= 15 is 0 Å². The molecule has 5 nitrogen and oxygen atoms in total. The third-order valence-corrected chi connectivity index (χ3v) is 5.20. The summed E-state index contributed by atoms with van der Waals surface area (Å²) in [5.74, 6) is 1.54. The van der Waals surface area contributed by atoms with Crippen molar-refractivity contribution in [1.82, 2.24) is 5.32 Å². The summed E-state index contributed by atoms with van der Waals surface area (Å²) in [6.07, 6.45) is 6.11. The molecule has 2 saturated carbocycles. The zero-order valence-corrected chi connectivity index (χ0v) is 11.2. The van der Waals surface area contributed by atoms with Gasteiger partial charge in [-0.2, -0.15) is 0 Å². The van der Waals surface area contributed by atoms with Crippen LogP contribution in [0.4, 0.5) is 0 Å². The topological polar surface area (TPSA) is 81.4 Å². The first-order valence-electron chi connectivity index (χ1n) is 7.28. The molecule has 0 radical (unpaired) electrons. The van der Waals surface area contributed by atoms with Crippen LogP contribution in [0.5, 0.6) is 0 Å². The molecule has 0 aromatic rings. The number of primary amides is 1. The van der Waals surface area contributed by atoms with E-state index in [1.54, 1.807) is 0 Å². The van der Waals surface area contributed by atoms with E-state index in [1.165, 1.54) is 25.7 Å². The predicted octanol–water partition coefficient (Wildman–Crippen LogP) is 0.573. The van der Waals surface area contributed by atoms with Crippen LogP contribution in [0.25, 0.3) is 0 Å². The van der Waals surface area contributed by atoms with E-state index in [9.17, 15) is 9.59 Å². The van der Waals surface area contributed by atoms with Gasteiger partial charge < -0.3 is 15.8 Å². The lowest BCUT2D eigenvalue weighted by Crippen LogP contribution is -2.58. The minimum atomic E-state index is -0.964. The van der Waals surface area contributed by atoms with Crippen LogP contribution in [-0.2, 0) is 14.3 Å². The van der Waals surface area contributed by atoms with E-state index in [0.717, 1.165) is 11.8 Å². The second-order valence-electron chi connectivity index (χ2n) is 6.44. The number of nitrogens with two attached hydrogens (primary N) is 1. The van der Waals surface area contributed by atoms with Crippen molar-refractivity contribution in [1.29, 1.82) is 0 Å². The van der Waals surface area contributed by atoms with Gasteiger partial charge in [0.05, 0.1) is 6.61 Å². The zero-order valence-electron chi connectivity index (χ0n) is 11.2. The fourth-order valence-corrected chi connectivity index (χ4v) is 4.10. The summed E-state index contributed by atoms with van der Waals surface area (Å²) in [6.45, 7) is 0.697. The number of nitrogens with one attached hydrogen (secondary N) is 1. The summed E-state index contributed by atoms with van der Waals surface area (Å²) in [5, 5.41) is 2.84. The maximum Gasteiger partial charge on any atom is 0.245 e. The van der Waals surface area contributed by atoms with E-state index in [0.29, 0.717) is 25.4 Å². The van der Waals surface area contributed by atoms with Gasteiger partial charge in [0, 0.05) is 19.4 Å². The van der Waals surface area contributed by atoms with Gasteiger partial charge in [0.15, 0.2) is 0 Å². The van der Waals surface area contributed by atoms with E-state index < -0.39 is 11.4 Å². The van der Waals surface area contributed by atoms with E-state index in [2.05, 4.69) is 5.32 Å². The van der Waals surface area contributed by atoms with Crippen molar-refractivity contribution < 1.29 is 14.3 Å². The Labute approximate surface area is 113 Å². The third kappa shape index (κ3) is 2.36. The highest BCUT2D eigenvalue weighted by molar-refractivity contribution is 5.90. The van der Waals surface area contributed by atoms with Crippen molar-refractivity contribution in [2.24, 2.45) is 23.5 Å². The van der Waals surface area contributed by atoms with Gasteiger partial charge in [0.2, 0.25) is 11.8 Å². The Morgan fingerprint density at radius 3 is 2.68 bits per heavy atom. The fraction of sp³-hybridized carbons (Fsp3) is 0.857. The normalized spacial score (nSPS) is 40.5. The lowest BCUT2D eigenvalue weighted by atomic mass is 9.86. The highest BCUT2D eigenvalue weighted by atomic mass is 16.5. The Hall–Kier alpha value is -1.10. The molecule has 4 atom stereocenters. The predicted molar refractivity (Wildman–Crippen MR) is 69.1 cm³/mol. The molecule has 0 aromatic heterocycles. The first-order chi connectivity index (χ1) is 9.09. The van der Waals surface area contributed by atoms with Gasteiger partial charge in [0.1, 0.15) is 5.54 Å². The number of hydrogen-bond acceptors (Lipinski definition) is 3. The molecule has 106 valence electrons. The quantitative estimate of drug-likeness (QED) is 0.780. The Morgan fingerprint density at radius 2 is 2.16 bits per heavy atom. The minimum Gasteiger partial charge on any atom is -0.378 e. The Bertz CT molecular complexity index is 390. The number of hydrogen-bond donors (Lipinski definition) is 2. The number of fused-ring (bicyclic) bond motifs is 2. The molecule has 3 N–H and O–H groups in total. The Kier molecular flexibility index (Phi) is 3.25. The number of ether oxygens (including phenoxy) is 1. The van der Waals surface area contributed by atoms with Crippen LogP contribution < -0.4 is 11.1 Å². The number of carbonyl (C=O) groups is 2. The molecule has 2 amide bonds. The summed E-state index contributed by atoms with van der Waals surface area (Å²) >= 11 is 0. The number of rotatable bonds is 4. The average Bonchev–Trinajstić information content (AvgIpc) is 3.04. The molecule has 2 bridgehead atoms. The van der Waals surface area contributed by atoms with Crippen molar-refractivity contribution >= 4 is 11.8 Å². The second kappa shape index (κ2) is 4.78. The molecule has 1 saturated heterocycles. The third-order valence-electron chi connectivity index (χ3n) is 5.20. The van der Waals surface area contributed by atoms with Gasteiger partial charge in [-0.05, 0) is 37.0 Å². The summed E-state index contributed by atoms with van der Waals surface area (Å²) in [5.41, 5.74) is 4.45. The molecule has 0 aromatic carbocycles. The molecule has 1 aliphatic heterocycles. The molecule has 3 fully saturated rings. The monoisotopic (exact) mass is 266 g/mol. The second-order valence-corrected chi connectivity index (χ2v) is 6.44. The SMILES string of the molecule is NC(=O)C1(NC(=O)CC2CC3CCC2C3)CCOC1. The van der Waals surface area contributed by atoms with Crippen LogP contribution in [0.2, 0.25) is 0 Å². The smallest absolute Gasteiger partial charge is 0.245 e. The van der Waals surface area contributed by atoms with Gasteiger partial charge in [-0.25, -0.2) is 0 Å². The van der Waals surface area contributed by atoms with Gasteiger partial charge >= 0.3 is 0 Å². The Morgan fingerprint density at radius 1 is 1.32 bits per heavy atom.